The van der Waals surface area contributed by atoms with Gasteiger partial charge in [0.25, 0.3) is 5.91 Å². The van der Waals surface area contributed by atoms with Gasteiger partial charge in [0.15, 0.2) is 5.13 Å². The molecule has 2 amide bonds. The highest BCUT2D eigenvalue weighted by Crippen LogP contribution is 2.31. The molecule has 7 heteroatoms. The van der Waals surface area contributed by atoms with Gasteiger partial charge in [-0.3, -0.25) is 14.5 Å². The Morgan fingerprint density at radius 3 is 2.69 bits per heavy atom. The molecule has 29 heavy (non-hydrogen) atoms. The minimum atomic E-state index is -0.216. The first-order chi connectivity index (χ1) is 14.1. The summed E-state index contributed by atoms with van der Waals surface area (Å²) in [5, 5.41) is 1.32. The normalized spacial score (nSPS) is 16.8. The average molecular weight is 428 g/mol. The van der Waals surface area contributed by atoms with Crippen LogP contribution in [0.15, 0.2) is 48.5 Å². The van der Waals surface area contributed by atoms with Crippen LogP contribution in [-0.2, 0) is 4.79 Å². The van der Waals surface area contributed by atoms with Crippen molar-refractivity contribution in [1.82, 2.24) is 9.88 Å². The predicted molar refractivity (Wildman–Crippen MR) is 118 cm³/mol. The number of nitrogens with zero attached hydrogens (tertiary/aromatic N) is 3. The number of amides is 2. The van der Waals surface area contributed by atoms with Crippen molar-refractivity contribution in [2.45, 2.75) is 19.8 Å². The molecule has 1 saturated heterocycles. The van der Waals surface area contributed by atoms with E-state index in [0.29, 0.717) is 30.2 Å². The number of hydrogen-bond donors (Lipinski definition) is 0. The van der Waals surface area contributed by atoms with Crippen molar-refractivity contribution in [1.29, 1.82) is 0 Å². The van der Waals surface area contributed by atoms with Crippen LogP contribution in [0, 0.1) is 5.92 Å². The van der Waals surface area contributed by atoms with Crippen molar-refractivity contribution in [3.63, 3.8) is 0 Å². The first kappa shape index (κ1) is 19.9. The number of carbonyl (C=O) groups is 2. The maximum atomic E-state index is 13.3. The molecule has 1 unspecified atom stereocenters. The topological polar surface area (TPSA) is 53.5 Å². The number of rotatable bonds is 4. The largest absolute Gasteiger partial charge is 0.338 e. The molecule has 0 aliphatic carbocycles. The summed E-state index contributed by atoms with van der Waals surface area (Å²) in [6.45, 7) is 3.61. The summed E-state index contributed by atoms with van der Waals surface area (Å²) in [6.07, 6.45) is 1.60. The molecule has 0 N–H and O–H groups in total. The lowest BCUT2D eigenvalue weighted by molar-refractivity contribution is -0.123. The predicted octanol–water partition coefficient (Wildman–Crippen LogP) is 4.86. The van der Waals surface area contributed by atoms with E-state index in [9.17, 15) is 9.59 Å². The minimum Gasteiger partial charge on any atom is -0.338 e. The van der Waals surface area contributed by atoms with Crippen LogP contribution in [0.25, 0.3) is 10.2 Å². The van der Waals surface area contributed by atoms with Gasteiger partial charge in [0, 0.05) is 30.2 Å². The zero-order valence-electron chi connectivity index (χ0n) is 16.2. The summed E-state index contributed by atoms with van der Waals surface area (Å²) in [4.78, 5) is 34.3. The van der Waals surface area contributed by atoms with Gasteiger partial charge in [0.1, 0.15) is 0 Å². The van der Waals surface area contributed by atoms with Gasteiger partial charge >= 0.3 is 0 Å². The Labute approximate surface area is 178 Å². The fourth-order valence-corrected chi connectivity index (χ4v) is 4.88. The van der Waals surface area contributed by atoms with E-state index < -0.39 is 0 Å². The van der Waals surface area contributed by atoms with E-state index in [4.69, 9.17) is 11.6 Å². The van der Waals surface area contributed by atoms with Crippen molar-refractivity contribution in [3.05, 3.63) is 59.1 Å². The van der Waals surface area contributed by atoms with Gasteiger partial charge in [-0.25, -0.2) is 4.98 Å². The number of para-hydroxylation sites is 1. The third kappa shape index (κ3) is 4.14. The maximum Gasteiger partial charge on any atom is 0.253 e. The van der Waals surface area contributed by atoms with Crippen molar-refractivity contribution in [2.24, 2.45) is 5.92 Å². The second-order valence-corrected chi connectivity index (χ2v) is 8.59. The van der Waals surface area contributed by atoms with E-state index in [0.717, 1.165) is 28.2 Å². The maximum absolute atomic E-state index is 13.3. The summed E-state index contributed by atoms with van der Waals surface area (Å²) >= 11 is 7.45. The van der Waals surface area contributed by atoms with Crippen LogP contribution >= 0.6 is 22.9 Å². The van der Waals surface area contributed by atoms with Crippen LogP contribution in [-0.4, -0.2) is 41.3 Å². The number of hydrogen-bond acceptors (Lipinski definition) is 4. The molecule has 1 aliphatic heterocycles. The molecule has 2 aromatic carbocycles. The highest BCUT2D eigenvalue weighted by atomic mass is 35.5. The molecule has 0 spiro atoms. The number of aromatic nitrogens is 1. The van der Waals surface area contributed by atoms with Gasteiger partial charge < -0.3 is 4.90 Å². The molecule has 3 aromatic rings. The minimum absolute atomic E-state index is 0.0418. The highest BCUT2D eigenvalue weighted by molar-refractivity contribution is 7.22. The molecule has 4 rings (SSSR count). The van der Waals surface area contributed by atoms with Gasteiger partial charge in [0.2, 0.25) is 5.91 Å². The zero-order chi connectivity index (χ0) is 20.4. The molecule has 1 aromatic heterocycles. The molecule has 0 bridgehead atoms. The van der Waals surface area contributed by atoms with E-state index in [1.807, 2.05) is 31.2 Å². The lowest BCUT2D eigenvalue weighted by atomic mass is 9.96. The third-order valence-corrected chi connectivity index (χ3v) is 6.56. The summed E-state index contributed by atoms with van der Waals surface area (Å²) in [5.41, 5.74) is 1.50. The summed E-state index contributed by atoms with van der Waals surface area (Å²) in [5.74, 6) is -0.227. The number of halogens is 1. The van der Waals surface area contributed by atoms with Gasteiger partial charge in [-0.1, -0.05) is 35.1 Å². The van der Waals surface area contributed by atoms with Crippen LogP contribution < -0.4 is 4.90 Å². The van der Waals surface area contributed by atoms with Crippen molar-refractivity contribution in [3.8, 4) is 0 Å². The Morgan fingerprint density at radius 2 is 1.97 bits per heavy atom. The SMILES string of the molecule is CCN(C(=O)C1CCCN(C(=O)c2ccc(Cl)cc2)C1)c1nc2ccccc2s1. The summed E-state index contributed by atoms with van der Waals surface area (Å²) < 4.78 is 1.07. The van der Waals surface area contributed by atoms with E-state index in [1.54, 1.807) is 34.1 Å². The standard InChI is InChI=1S/C22H22ClN3O2S/c1-2-26(22-24-18-7-3-4-8-19(18)29-22)21(28)16-6-5-13-25(14-16)20(27)15-9-11-17(23)12-10-15/h3-4,7-12,16H,2,5-6,13-14H2,1H3. The fourth-order valence-electron chi connectivity index (χ4n) is 3.72. The van der Waals surface area contributed by atoms with Gasteiger partial charge in [-0.15, -0.1) is 0 Å². The van der Waals surface area contributed by atoms with Gasteiger partial charge in [-0.05, 0) is 56.2 Å². The smallest absolute Gasteiger partial charge is 0.253 e. The number of anilines is 1. The Kier molecular flexibility index (Phi) is 5.83. The number of carbonyl (C=O) groups excluding carboxylic acids is 2. The van der Waals surface area contributed by atoms with Crippen LogP contribution in [0.4, 0.5) is 5.13 Å². The van der Waals surface area contributed by atoms with Crippen LogP contribution in [0.3, 0.4) is 0 Å². The second kappa shape index (κ2) is 8.51. The van der Waals surface area contributed by atoms with Crippen molar-refractivity contribution >= 4 is 50.1 Å². The monoisotopic (exact) mass is 427 g/mol. The van der Waals surface area contributed by atoms with E-state index in [1.165, 1.54) is 11.3 Å². The average Bonchev–Trinajstić information content (AvgIpc) is 3.18. The van der Waals surface area contributed by atoms with Crippen molar-refractivity contribution < 1.29 is 9.59 Å². The second-order valence-electron chi connectivity index (χ2n) is 7.14. The highest BCUT2D eigenvalue weighted by Gasteiger charge is 2.32. The third-order valence-electron chi connectivity index (χ3n) is 5.24. The molecule has 5 nitrogen and oxygen atoms in total. The number of benzene rings is 2. The van der Waals surface area contributed by atoms with E-state index >= 15 is 0 Å². The molecule has 1 aliphatic rings. The fraction of sp³-hybridized carbons (Fsp3) is 0.318. The molecule has 0 saturated carbocycles. The van der Waals surface area contributed by atoms with Crippen LogP contribution in [0.1, 0.15) is 30.1 Å². The lowest BCUT2D eigenvalue weighted by Crippen LogP contribution is -2.47. The zero-order valence-corrected chi connectivity index (χ0v) is 17.7. The quantitative estimate of drug-likeness (QED) is 0.597. The number of thiazole rings is 1. The Hall–Kier alpha value is -2.44. The van der Waals surface area contributed by atoms with E-state index in [2.05, 4.69) is 4.98 Å². The molecule has 1 fully saturated rings. The molecular formula is C22H22ClN3O2S. The van der Waals surface area contributed by atoms with E-state index in [-0.39, 0.29) is 17.7 Å². The van der Waals surface area contributed by atoms with Gasteiger partial charge in [0.05, 0.1) is 16.1 Å². The molecule has 1 atom stereocenters. The summed E-state index contributed by atoms with van der Waals surface area (Å²) in [7, 11) is 0. The first-order valence-electron chi connectivity index (χ1n) is 9.78. The van der Waals surface area contributed by atoms with Crippen LogP contribution in [0.2, 0.25) is 5.02 Å². The van der Waals surface area contributed by atoms with Crippen molar-refractivity contribution in [2.75, 3.05) is 24.5 Å². The first-order valence-corrected chi connectivity index (χ1v) is 11.0. The molecule has 2 heterocycles. The Bertz CT molecular complexity index is 1000. The Balaban J connectivity index is 1.51. The number of fused-ring (bicyclic) bond motifs is 1. The molecular weight excluding hydrogens is 406 g/mol. The van der Waals surface area contributed by atoms with Crippen LogP contribution in [0.5, 0.6) is 0 Å². The molecule has 0 radical (unpaired) electrons. The number of piperidine rings is 1. The number of likely N-dealkylation sites (tertiary alicyclic amines) is 1. The summed E-state index contributed by atoms with van der Waals surface area (Å²) in [6, 6.07) is 14.8. The Morgan fingerprint density at radius 1 is 1.21 bits per heavy atom. The van der Waals surface area contributed by atoms with Gasteiger partial charge in [-0.2, -0.15) is 0 Å². The lowest BCUT2D eigenvalue weighted by Gasteiger charge is -2.34. The molecule has 150 valence electrons.